The number of nitrogens with zero attached hydrogens (tertiary/aromatic N) is 2. The van der Waals surface area contributed by atoms with Crippen molar-refractivity contribution in [3.63, 3.8) is 0 Å². The highest BCUT2D eigenvalue weighted by Gasteiger charge is 2.52. The number of hydrogen-bond donors (Lipinski definition) is 1. The first-order valence-electron chi connectivity index (χ1n) is 19.9. The number of phenolic OH excluding ortho intramolecular Hbond substituents is 1. The van der Waals surface area contributed by atoms with E-state index in [9.17, 15) is 23.1 Å². The van der Waals surface area contributed by atoms with Crippen LogP contribution in [-0.4, -0.2) is 94.7 Å². The number of carbonyl (C=O) groups excluding carboxylic acids is 2. The summed E-state index contributed by atoms with van der Waals surface area (Å²) >= 11 is 0. The van der Waals surface area contributed by atoms with Gasteiger partial charge in [-0.2, -0.15) is 0 Å². The van der Waals surface area contributed by atoms with E-state index in [0.29, 0.717) is 50.5 Å². The molecule has 3 aliphatic rings. The molecule has 2 atom stereocenters. The molecule has 1 saturated carbocycles. The average Bonchev–Trinajstić information content (AvgIpc) is 2.97. The average molecular weight is 761 g/mol. The maximum atomic E-state index is 14.6. The molecule has 0 aromatic heterocycles. The molecule has 0 spiro atoms. The predicted molar refractivity (Wildman–Crippen MR) is 213 cm³/mol. The third kappa shape index (κ3) is 9.28. The molecule has 2 saturated heterocycles. The van der Waals surface area contributed by atoms with E-state index in [4.69, 9.17) is 9.47 Å². The summed E-state index contributed by atoms with van der Waals surface area (Å²) in [4.78, 5) is 32.5. The Morgan fingerprint density at radius 1 is 0.811 bits per heavy atom. The molecule has 1 aromatic carbocycles. The van der Waals surface area contributed by atoms with E-state index in [1.807, 2.05) is 19.9 Å². The van der Waals surface area contributed by atoms with E-state index in [0.717, 1.165) is 23.1 Å². The van der Waals surface area contributed by atoms with Crippen molar-refractivity contribution >= 4 is 21.8 Å². The Morgan fingerprint density at radius 2 is 1.26 bits per heavy atom. The standard InChI is InChI=1S/C43H72N2O7S/c1-28-20-33(38(3,4)5)37(48)29(2)32(28)25-43(26-35(46)51-30-21-39(6,7)44(14)40(8,9)22-30)19-17-16-18-34(43)53(49,50)27-36(47)52-31-23-41(10,11)45(15)42(12,13)24-31/h20,30-31,34,48H,16-19,21-27H2,1-15H3. The Morgan fingerprint density at radius 3 is 1.72 bits per heavy atom. The molecule has 302 valence electrons. The van der Waals surface area contributed by atoms with Crippen LogP contribution in [0.5, 0.6) is 5.75 Å². The van der Waals surface area contributed by atoms with Crippen LogP contribution in [-0.2, 0) is 40.7 Å². The minimum atomic E-state index is -4.08. The molecule has 10 heteroatoms. The second-order valence-corrected chi connectivity index (χ2v) is 22.8. The fourth-order valence-corrected chi connectivity index (χ4v) is 12.4. The third-order valence-corrected chi connectivity index (χ3v) is 15.9. The zero-order valence-corrected chi connectivity index (χ0v) is 36.6. The Hall–Kier alpha value is -2.17. The van der Waals surface area contributed by atoms with Gasteiger partial charge in [-0.1, -0.05) is 39.7 Å². The van der Waals surface area contributed by atoms with Gasteiger partial charge < -0.3 is 14.6 Å². The normalized spacial score (nSPS) is 27.0. The molecule has 4 rings (SSSR count). The SMILES string of the molecule is Cc1cc(C(C)(C)C)c(O)c(C)c1CC1(CC(=O)OC2CC(C)(C)N(C)C(C)(C)C2)CCCCC1S(=O)(=O)CC(=O)OC1CC(C)(C)N(C)C(C)(C)C1. The maximum Gasteiger partial charge on any atom is 0.321 e. The smallest absolute Gasteiger partial charge is 0.321 e. The van der Waals surface area contributed by atoms with Crippen LogP contribution in [0.25, 0.3) is 0 Å². The molecule has 0 bridgehead atoms. The largest absolute Gasteiger partial charge is 0.507 e. The number of benzene rings is 1. The van der Waals surface area contributed by atoms with Crippen LogP contribution in [0.1, 0.15) is 156 Å². The van der Waals surface area contributed by atoms with Gasteiger partial charge in [0.15, 0.2) is 9.84 Å². The Labute approximate surface area is 321 Å². The van der Waals surface area contributed by atoms with Crippen molar-refractivity contribution in [1.29, 1.82) is 0 Å². The highest BCUT2D eigenvalue weighted by molar-refractivity contribution is 7.92. The number of aryl methyl sites for hydroxylation is 1. The number of aromatic hydroxyl groups is 1. The molecule has 2 unspecified atom stereocenters. The zero-order valence-electron chi connectivity index (χ0n) is 35.8. The Balaban J connectivity index is 1.70. The Bertz CT molecular complexity index is 1620. The number of piperidine rings is 2. The van der Waals surface area contributed by atoms with Gasteiger partial charge in [-0.3, -0.25) is 19.4 Å². The summed E-state index contributed by atoms with van der Waals surface area (Å²) in [5.74, 6) is -1.67. The molecule has 1 aromatic rings. The van der Waals surface area contributed by atoms with E-state index in [2.05, 4.69) is 100 Å². The highest BCUT2D eigenvalue weighted by atomic mass is 32.2. The van der Waals surface area contributed by atoms with Crippen molar-refractivity contribution in [1.82, 2.24) is 9.80 Å². The molecule has 3 fully saturated rings. The van der Waals surface area contributed by atoms with Crippen molar-refractivity contribution in [3.05, 3.63) is 28.3 Å². The van der Waals surface area contributed by atoms with Gasteiger partial charge in [0, 0.05) is 53.3 Å². The number of esters is 2. The lowest BCUT2D eigenvalue weighted by atomic mass is 9.66. The highest BCUT2D eigenvalue weighted by Crippen LogP contribution is 2.49. The van der Waals surface area contributed by atoms with Crippen LogP contribution >= 0.6 is 0 Å². The number of phenols is 1. The maximum absolute atomic E-state index is 14.6. The predicted octanol–water partition coefficient (Wildman–Crippen LogP) is 7.97. The number of sulfone groups is 1. The first-order valence-corrected chi connectivity index (χ1v) is 21.6. The lowest BCUT2D eigenvalue weighted by Crippen LogP contribution is -2.60. The van der Waals surface area contributed by atoms with E-state index in [1.165, 1.54) is 0 Å². The topological polar surface area (TPSA) is 113 Å². The van der Waals surface area contributed by atoms with Crippen molar-refractivity contribution < 1.29 is 32.6 Å². The van der Waals surface area contributed by atoms with Crippen LogP contribution in [0.2, 0.25) is 0 Å². The lowest BCUT2D eigenvalue weighted by Gasteiger charge is -2.53. The van der Waals surface area contributed by atoms with Crippen LogP contribution in [0.4, 0.5) is 0 Å². The molecule has 2 heterocycles. The van der Waals surface area contributed by atoms with E-state index >= 15 is 0 Å². The van der Waals surface area contributed by atoms with Gasteiger partial charge in [0.1, 0.15) is 23.7 Å². The van der Waals surface area contributed by atoms with E-state index < -0.39 is 44.3 Å². The van der Waals surface area contributed by atoms with Crippen molar-refractivity contribution in [2.45, 2.75) is 199 Å². The third-order valence-electron chi connectivity index (χ3n) is 13.7. The van der Waals surface area contributed by atoms with Gasteiger partial charge in [-0.05, 0) is 130 Å². The van der Waals surface area contributed by atoms with Crippen molar-refractivity contribution in [3.8, 4) is 5.75 Å². The fraction of sp³-hybridized carbons (Fsp3) is 0.814. The van der Waals surface area contributed by atoms with Crippen LogP contribution < -0.4 is 0 Å². The van der Waals surface area contributed by atoms with Gasteiger partial charge in [0.2, 0.25) is 0 Å². The number of hydrogen-bond acceptors (Lipinski definition) is 9. The second-order valence-electron chi connectivity index (χ2n) is 20.6. The zero-order chi connectivity index (χ0) is 40.3. The summed E-state index contributed by atoms with van der Waals surface area (Å²) in [6.45, 7) is 27.1. The van der Waals surface area contributed by atoms with E-state index in [1.54, 1.807) is 0 Å². The van der Waals surface area contributed by atoms with Gasteiger partial charge in [-0.25, -0.2) is 8.42 Å². The number of likely N-dealkylation sites (tertiary alicyclic amines) is 2. The molecule has 0 radical (unpaired) electrons. The molecule has 1 N–H and O–H groups in total. The molecule has 1 aliphatic carbocycles. The summed E-state index contributed by atoms with van der Waals surface area (Å²) in [5, 5.41) is 10.5. The van der Waals surface area contributed by atoms with Crippen LogP contribution in [0.15, 0.2) is 6.07 Å². The van der Waals surface area contributed by atoms with Crippen LogP contribution in [0.3, 0.4) is 0 Å². The molecule has 2 aliphatic heterocycles. The molecular formula is C43H72N2O7S. The lowest BCUT2D eigenvalue weighted by molar-refractivity contribution is -0.162. The quantitative estimate of drug-likeness (QED) is 0.251. The van der Waals surface area contributed by atoms with Crippen LogP contribution in [0, 0.1) is 19.3 Å². The first-order chi connectivity index (χ1) is 23.9. The molecule has 0 amide bonds. The number of rotatable bonds is 9. The van der Waals surface area contributed by atoms with Gasteiger partial charge in [0.25, 0.3) is 0 Å². The van der Waals surface area contributed by atoms with E-state index in [-0.39, 0.29) is 52.3 Å². The van der Waals surface area contributed by atoms with Gasteiger partial charge >= 0.3 is 11.9 Å². The first kappa shape index (κ1) is 43.6. The number of carbonyl (C=O) groups is 2. The monoisotopic (exact) mass is 761 g/mol. The summed E-state index contributed by atoms with van der Waals surface area (Å²) in [7, 11) is 0.0984. The summed E-state index contributed by atoms with van der Waals surface area (Å²) in [6, 6.07) is 2.00. The van der Waals surface area contributed by atoms with Crippen molar-refractivity contribution in [2.24, 2.45) is 5.41 Å². The van der Waals surface area contributed by atoms with Gasteiger partial charge in [0.05, 0.1) is 11.7 Å². The number of ether oxygens (including phenoxy) is 2. The summed E-state index contributed by atoms with van der Waals surface area (Å²) in [6.07, 6.45) is 4.30. The molecular weight excluding hydrogens is 689 g/mol. The minimum absolute atomic E-state index is 0.0862. The summed E-state index contributed by atoms with van der Waals surface area (Å²) in [5.41, 5.74) is 1.15. The molecule has 9 nitrogen and oxygen atoms in total. The Kier molecular flexibility index (Phi) is 12.1. The fourth-order valence-electron chi connectivity index (χ4n) is 10.2. The summed E-state index contributed by atoms with van der Waals surface area (Å²) < 4.78 is 41.6. The molecule has 53 heavy (non-hydrogen) atoms. The second kappa shape index (κ2) is 14.7. The minimum Gasteiger partial charge on any atom is -0.507 e. The van der Waals surface area contributed by atoms with Crippen molar-refractivity contribution in [2.75, 3.05) is 19.8 Å². The van der Waals surface area contributed by atoms with Gasteiger partial charge in [-0.15, -0.1) is 0 Å².